The average molecular weight is 271 g/mol. The van der Waals surface area contributed by atoms with Crippen LogP contribution in [0.4, 0.5) is 5.69 Å². The Bertz CT molecular complexity index is 648. The van der Waals surface area contributed by atoms with E-state index >= 15 is 0 Å². The Kier molecular flexibility index (Phi) is 3.18. The number of carboxylic acid groups (broad SMARTS) is 1. The van der Waals surface area contributed by atoms with Crippen LogP contribution < -0.4 is 4.90 Å². The molecule has 0 saturated heterocycles. The SMILES string of the molecule is CCn1ccnc1CN1CCc2ccc(C(=O)O)cc21. The first-order valence-corrected chi connectivity index (χ1v) is 6.80. The lowest BCUT2D eigenvalue weighted by Gasteiger charge is -2.19. The van der Waals surface area contributed by atoms with Gasteiger partial charge in [-0.3, -0.25) is 0 Å². The molecule has 2 heterocycles. The zero-order valence-electron chi connectivity index (χ0n) is 11.4. The molecule has 0 unspecified atom stereocenters. The third kappa shape index (κ3) is 2.15. The van der Waals surface area contributed by atoms with Gasteiger partial charge in [-0.15, -0.1) is 0 Å². The zero-order chi connectivity index (χ0) is 14.1. The van der Waals surface area contributed by atoms with E-state index in [9.17, 15) is 4.79 Å². The van der Waals surface area contributed by atoms with E-state index in [1.165, 1.54) is 5.56 Å². The van der Waals surface area contributed by atoms with Gasteiger partial charge in [0.2, 0.25) is 0 Å². The fraction of sp³-hybridized carbons (Fsp3) is 0.333. The van der Waals surface area contributed by atoms with Gasteiger partial charge < -0.3 is 14.6 Å². The molecule has 0 saturated carbocycles. The molecule has 0 bridgehead atoms. The number of carboxylic acids is 1. The maximum Gasteiger partial charge on any atom is 0.335 e. The number of hydrogen-bond donors (Lipinski definition) is 1. The third-order valence-electron chi connectivity index (χ3n) is 3.80. The first-order chi connectivity index (χ1) is 9.69. The minimum atomic E-state index is -0.880. The highest BCUT2D eigenvalue weighted by atomic mass is 16.4. The number of benzene rings is 1. The van der Waals surface area contributed by atoms with Crippen molar-refractivity contribution in [1.82, 2.24) is 9.55 Å². The summed E-state index contributed by atoms with van der Waals surface area (Å²) in [5.74, 6) is 0.135. The number of aryl methyl sites for hydroxylation is 1. The van der Waals surface area contributed by atoms with Crippen LogP contribution in [0.3, 0.4) is 0 Å². The summed E-state index contributed by atoms with van der Waals surface area (Å²) in [6.45, 7) is 4.61. The normalized spacial score (nSPS) is 13.6. The molecule has 20 heavy (non-hydrogen) atoms. The number of carbonyl (C=O) groups is 1. The van der Waals surface area contributed by atoms with Crippen molar-refractivity contribution in [3.8, 4) is 0 Å². The Balaban J connectivity index is 1.88. The number of imidazole rings is 1. The molecular weight excluding hydrogens is 254 g/mol. The van der Waals surface area contributed by atoms with Crippen LogP contribution in [0.5, 0.6) is 0 Å². The molecule has 0 atom stereocenters. The van der Waals surface area contributed by atoms with Gasteiger partial charge >= 0.3 is 5.97 Å². The van der Waals surface area contributed by atoms with Crippen LogP contribution in [-0.4, -0.2) is 27.2 Å². The van der Waals surface area contributed by atoms with Crippen molar-refractivity contribution in [2.24, 2.45) is 0 Å². The number of nitrogens with zero attached hydrogens (tertiary/aromatic N) is 3. The minimum absolute atomic E-state index is 0.342. The molecule has 5 heteroatoms. The molecule has 0 amide bonds. The second-order valence-corrected chi connectivity index (χ2v) is 4.95. The van der Waals surface area contributed by atoms with Gasteiger partial charge in [0.15, 0.2) is 0 Å². The molecule has 1 aromatic carbocycles. The highest BCUT2D eigenvalue weighted by molar-refractivity contribution is 5.89. The van der Waals surface area contributed by atoms with Gasteiger partial charge in [0, 0.05) is 31.2 Å². The van der Waals surface area contributed by atoms with E-state index in [0.717, 1.165) is 37.6 Å². The summed E-state index contributed by atoms with van der Waals surface area (Å²) in [6.07, 6.45) is 4.74. The summed E-state index contributed by atoms with van der Waals surface area (Å²) < 4.78 is 2.11. The van der Waals surface area contributed by atoms with Crippen LogP contribution in [-0.2, 0) is 19.5 Å². The molecule has 0 spiro atoms. The molecule has 5 nitrogen and oxygen atoms in total. The predicted molar refractivity (Wildman–Crippen MR) is 76.1 cm³/mol. The number of aromatic carboxylic acids is 1. The summed E-state index contributed by atoms with van der Waals surface area (Å²) in [5.41, 5.74) is 2.58. The van der Waals surface area contributed by atoms with Gasteiger partial charge in [-0.05, 0) is 31.0 Å². The summed E-state index contributed by atoms with van der Waals surface area (Å²) >= 11 is 0. The van der Waals surface area contributed by atoms with Crippen LogP contribution in [0.2, 0.25) is 0 Å². The van der Waals surface area contributed by atoms with E-state index in [1.54, 1.807) is 12.1 Å². The molecule has 0 radical (unpaired) electrons. The molecule has 2 aromatic rings. The van der Waals surface area contributed by atoms with Crippen molar-refractivity contribution in [2.75, 3.05) is 11.4 Å². The minimum Gasteiger partial charge on any atom is -0.478 e. The van der Waals surface area contributed by atoms with Gasteiger partial charge in [-0.1, -0.05) is 6.07 Å². The van der Waals surface area contributed by atoms with E-state index in [4.69, 9.17) is 5.11 Å². The number of fused-ring (bicyclic) bond motifs is 1. The summed E-state index contributed by atoms with van der Waals surface area (Å²) in [5, 5.41) is 9.11. The molecular formula is C15H17N3O2. The first-order valence-electron chi connectivity index (χ1n) is 6.80. The van der Waals surface area contributed by atoms with Crippen LogP contribution >= 0.6 is 0 Å². The van der Waals surface area contributed by atoms with Gasteiger partial charge in [0.25, 0.3) is 0 Å². The number of hydrogen-bond acceptors (Lipinski definition) is 3. The molecule has 1 aliphatic heterocycles. The molecule has 1 N–H and O–H groups in total. The van der Waals surface area contributed by atoms with E-state index in [0.29, 0.717) is 5.56 Å². The van der Waals surface area contributed by atoms with Crippen LogP contribution in [0.1, 0.15) is 28.7 Å². The lowest BCUT2D eigenvalue weighted by molar-refractivity contribution is 0.0697. The van der Waals surface area contributed by atoms with Crippen molar-refractivity contribution in [3.05, 3.63) is 47.5 Å². The highest BCUT2D eigenvalue weighted by Gasteiger charge is 2.21. The lowest BCUT2D eigenvalue weighted by Crippen LogP contribution is -2.22. The zero-order valence-corrected chi connectivity index (χ0v) is 11.4. The molecule has 104 valence electrons. The van der Waals surface area contributed by atoms with Gasteiger partial charge in [-0.25, -0.2) is 9.78 Å². The van der Waals surface area contributed by atoms with Gasteiger partial charge in [-0.2, -0.15) is 0 Å². The van der Waals surface area contributed by atoms with Crippen LogP contribution in [0.15, 0.2) is 30.6 Å². The predicted octanol–water partition coefficient (Wildman–Crippen LogP) is 2.16. The van der Waals surface area contributed by atoms with Crippen LogP contribution in [0.25, 0.3) is 0 Å². The quantitative estimate of drug-likeness (QED) is 0.925. The van der Waals surface area contributed by atoms with Crippen molar-refractivity contribution in [1.29, 1.82) is 0 Å². The topological polar surface area (TPSA) is 58.4 Å². The maximum absolute atomic E-state index is 11.1. The smallest absolute Gasteiger partial charge is 0.335 e. The lowest BCUT2D eigenvalue weighted by atomic mass is 10.1. The molecule has 3 rings (SSSR count). The average Bonchev–Trinajstić information content (AvgIpc) is 3.05. The van der Waals surface area contributed by atoms with E-state index in [-0.39, 0.29) is 0 Å². The molecule has 0 fully saturated rings. The second-order valence-electron chi connectivity index (χ2n) is 4.95. The Labute approximate surface area is 117 Å². The van der Waals surface area contributed by atoms with Gasteiger partial charge in [0.05, 0.1) is 12.1 Å². The van der Waals surface area contributed by atoms with E-state index in [1.807, 2.05) is 18.5 Å². The van der Waals surface area contributed by atoms with Crippen molar-refractivity contribution in [2.45, 2.75) is 26.4 Å². The summed E-state index contributed by atoms with van der Waals surface area (Å²) in [6, 6.07) is 5.37. The summed E-state index contributed by atoms with van der Waals surface area (Å²) in [4.78, 5) is 17.7. The molecule has 1 aromatic heterocycles. The van der Waals surface area contributed by atoms with Crippen molar-refractivity contribution < 1.29 is 9.90 Å². The molecule has 1 aliphatic rings. The van der Waals surface area contributed by atoms with Crippen LogP contribution in [0, 0.1) is 0 Å². The fourth-order valence-corrected chi connectivity index (χ4v) is 2.69. The Morgan fingerprint density at radius 2 is 2.30 bits per heavy atom. The Morgan fingerprint density at radius 1 is 1.45 bits per heavy atom. The van der Waals surface area contributed by atoms with Crippen molar-refractivity contribution >= 4 is 11.7 Å². The highest BCUT2D eigenvalue weighted by Crippen LogP contribution is 2.30. The fourth-order valence-electron chi connectivity index (χ4n) is 2.69. The second kappa shape index (κ2) is 5.00. The Morgan fingerprint density at radius 3 is 3.05 bits per heavy atom. The van der Waals surface area contributed by atoms with Gasteiger partial charge in [0.1, 0.15) is 5.82 Å². The standard InChI is InChI=1S/C15H17N3O2/c1-2-17-8-6-16-14(17)10-18-7-5-11-3-4-12(15(19)20)9-13(11)18/h3-4,6,8-9H,2,5,7,10H2,1H3,(H,19,20). The van der Waals surface area contributed by atoms with E-state index in [2.05, 4.69) is 21.4 Å². The number of rotatable bonds is 4. The Hall–Kier alpha value is -2.30. The monoisotopic (exact) mass is 271 g/mol. The van der Waals surface area contributed by atoms with E-state index < -0.39 is 5.97 Å². The van der Waals surface area contributed by atoms with Crippen molar-refractivity contribution in [3.63, 3.8) is 0 Å². The largest absolute Gasteiger partial charge is 0.478 e. The molecule has 0 aliphatic carbocycles. The maximum atomic E-state index is 11.1. The first kappa shape index (κ1) is 12.7. The number of anilines is 1. The number of aromatic nitrogens is 2. The third-order valence-corrected chi connectivity index (χ3v) is 3.80. The summed E-state index contributed by atoms with van der Waals surface area (Å²) in [7, 11) is 0.